The Hall–Kier alpha value is -0.480. The molecule has 0 aromatic carbocycles. The van der Waals surface area contributed by atoms with E-state index in [-0.39, 0.29) is 0 Å². The second-order valence-corrected chi connectivity index (χ2v) is 4.72. The van der Waals surface area contributed by atoms with Gasteiger partial charge in [-0.15, -0.1) is 11.8 Å². The fraction of sp³-hybridized carbons (Fsp3) is 0.846. The Morgan fingerprint density at radius 2 is 1.93 bits per heavy atom. The summed E-state index contributed by atoms with van der Waals surface area (Å²) in [5.74, 6) is 9.25. The largest absolute Gasteiger partial charge is 0.316 e. The van der Waals surface area contributed by atoms with Crippen LogP contribution in [0.1, 0.15) is 39.0 Å². The van der Waals surface area contributed by atoms with Crippen LogP contribution in [-0.4, -0.2) is 13.1 Å². The van der Waals surface area contributed by atoms with Crippen molar-refractivity contribution in [3.63, 3.8) is 0 Å². The molecule has 0 aromatic rings. The number of fused-ring (bicyclic) bond motifs is 1. The van der Waals surface area contributed by atoms with Crippen LogP contribution in [0.5, 0.6) is 0 Å². The molecule has 78 valence electrons. The highest BCUT2D eigenvalue weighted by molar-refractivity contribution is 5.08. The molecule has 2 fully saturated rings. The summed E-state index contributed by atoms with van der Waals surface area (Å²) in [7, 11) is 2.09. The molecule has 3 unspecified atom stereocenters. The minimum Gasteiger partial charge on any atom is -0.316 e. The average molecular weight is 191 g/mol. The molecule has 0 saturated heterocycles. The van der Waals surface area contributed by atoms with E-state index < -0.39 is 0 Å². The first-order valence-electron chi connectivity index (χ1n) is 5.95. The normalized spacial score (nSPS) is 36.6. The Kier molecular flexibility index (Phi) is 3.13. The van der Waals surface area contributed by atoms with Gasteiger partial charge in [-0.25, -0.2) is 0 Å². The van der Waals surface area contributed by atoms with Crippen molar-refractivity contribution in [1.82, 2.24) is 5.32 Å². The van der Waals surface area contributed by atoms with E-state index in [2.05, 4.69) is 24.2 Å². The first-order valence-corrected chi connectivity index (χ1v) is 5.95. The second-order valence-electron chi connectivity index (χ2n) is 4.72. The summed E-state index contributed by atoms with van der Waals surface area (Å²) in [5, 5.41) is 3.45. The fourth-order valence-electron chi connectivity index (χ4n) is 3.29. The minimum atomic E-state index is 0.663. The van der Waals surface area contributed by atoms with Crippen molar-refractivity contribution >= 4 is 0 Å². The molecule has 1 heteroatoms. The lowest BCUT2D eigenvalue weighted by Crippen LogP contribution is -2.28. The van der Waals surface area contributed by atoms with Gasteiger partial charge in [0.2, 0.25) is 0 Å². The predicted octanol–water partition coefficient (Wildman–Crippen LogP) is 2.42. The molecule has 0 radical (unpaired) electrons. The van der Waals surface area contributed by atoms with Crippen molar-refractivity contribution in [2.24, 2.45) is 17.8 Å². The van der Waals surface area contributed by atoms with Crippen molar-refractivity contribution < 1.29 is 0 Å². The van der Waals surface area contributed by atoms with Gasteiger partial charge < -0.3 is 5.32 Å². The molecule has 0 spiro atoms. The van der Waals surface area contributed by atoms with Crippen LogP contribution in [0.25, 0.3) is 0 Å². The first-order chi connectivity index (χ1) is 6.88. The topological polar surface area (TPSA) is 12.0 Å². The van der Waals surface area contributed by atoms with E-state index in [0.717, 1.165) is 24.2 Å². The van der Waals surface area contributed by atoms with Crippen molar-refractivity contribution in [3.8, 4) is 11.8 Å². The van der Waals surface area contributed by atoms with Gasteiger partial charge in [0.25, 0.3) is 0 Å². The molecule has 0 heterocycles. The van der Waals surface area contributed by atoms with E-state index in [1.54, 1.807) is 0 Å². The van der Waals surface area contributed by atoms with Crippen molar-refractivity contribution in [3.05, 3.63) is 0 Å². The standard InChI is InChI=1S/C13H21N/c1-3-4-9-12(14-2)13-10-7-5-6-8-11(10)13/h10-14H,5-9H2,1-2H3. The van der Waals surface area contributed by atoms with E-state index in [4.69, 9.17) is 0 Å². The molecule has 1 N–H and O–H groups in total. The summed E-state index contributed by atoms with van der Waals surface area (Å²) in [6.07, 6.45) is 6.94. The van der Waals surface area contributed by atoms with Gasteiger partial charge in [-0.1, -0.05) is 12.8 Å². The van der Waals surface area contributed by atoms with Gasteiger partial charge >= 0.3 is 0 Å². The van der Waals surface area contributed by atoms with Crippen molar-refractivity contribution in [1.29, 1.82) is 0 Å². The Bertz CT molecular complexity index is 236. The van der Waals surface area contributed by atoms with Crippen LogP contribution in [0.3, 0.4) is 0 Å². The summed E-state index contributed by atoms with van der Waals surface area (Å²) in [6, 6.07) is 0.663. The molecule has 0 amide bonds. The minimum absolute atomic E-state index is 0.663. The third-order valence-electron chi connectivity index (χ3n) is 4.06. The van der Waals surface area contributed by atoms with Gasteiger partial charge in [0.05, 0.1) is 0 Å². The van der Waals surface area contributed by atoms with Gasteiger partial charge in [0, 0.05) is 12.5 Å². The zero-order valence-corrected chi connectivity index (χ0v) is 9.34. The number of nitrogens with one attached hydrogen (secondary N) is 1. The highest BCUT2D eigenvalue weighted by Gasteiger charge is 2.53. The lowest BCUT2D eigenvalue weighted by molar-refractivity contribution is 0.471. The van der Waals surface area contributed by atoms with Crippen LogP contribution in [-0.2, 0) is 0 Å². The predicted molar refractivity (Wildman–Crippen MR) is 59.9 cm³/mol. The molecule has 3 atom stereocenters. The van der Waals surface area contributed by atoms with Crippen LogP contribution in [0.15, 0.2) is 0 Å². The lowest BCUT2D eigenvalue weighted by Gasteiger charge is -2.12. The summed E-state index contributed by atoms with van der Waals surface area (Å²) in [4.78, 5) is 0. The average Bonchev–Trinajstić information content (AvgIpc) is 2.94. The van der Waals surface area contributed by atoms with Crippen LogP contribution >= 0.6 is 0 Å². The van der Waals surface area contributed by atoms with E-state index in [0.29, 0.717) is 6.04 Å². The van der Waals surface area contributed by atoms with Crippen LogP contribution < -0.4 is 5.32 Å². The third-order valence-corrected chi connectivity index (χ3v) is 4.06. The Morgan fingerprint density at radius 1 is 1.29 bits per heavy atom. The molecule has 2 aliphatic carbocycles. The molecule has 0 aromatic heterocycles. The summed E-state index contributed by atoms with van der Waals surface area (Å²) in [6.45, 7) is 1.94. The number of hydrogen-bond acceptors (Lipinski definition) is 1. The molecule has 2 rings (SSSR count). The third kappa shape index (κ3) is 1.81. The Labute approximate surface area is 87.7 Å². The summed E-state index contributed by atoms with van der Waals surface area (Å²) in [5.41, 5.74) is 0. The molecular formula is C13H21N. The number of rotatable bonds is 3. The number of hydrogen-bond donors (Lipinski definition) is 1. The van der Waals surface area contributed by atoms with E-state index >= 15 is 0 Å². The smallest absolute Gasteiger partial charge is 0.0246 e. The van der Waals surface area contributed by atoms with Crippen molar-refractivity contribution in [2.45, 2.75) is 45.1 Å². The first kappa shape index (κ1) is 10.1. The Morgan fingerprint density at radius 3 is 2.43 bits per heavy atom. The van der Waals surface area contributed by atoms with E-state index in [9.17, 15) is 0 Å². The molecule has 1 nitrogen and oxygen atoms in total. The lowest BCUT2D eigenvalue weighted by atomic mass is 10.0. The van der Waals surface area contributed by atoms with Gasteiger partial charge in [-0.05, 0) is 44.6 Å². The quantitative estimate of drug-likeness (QED) is 0.676. The van der Waals surface area contributed by atoms with Crippen LogP contribution in [0.4, 0.5) is 0 Å². The monoisotopic (exact) mass is 191 g/mol. The van der Waals surface area contributed by atoms with Crippen LogP contribution in [0.2, 0.25) is 0 Å². The molecule has 2 aliphatic rings. The van der Waals surface area contributed by atoms with Gasteiger partial charge in [0.15, 0.2) is 0 Å². The van der Waals surface area contributed by atoms with Gasteiger partial charge in [-0.3, -0.25) is 0 Å². The van der Waals surface area contributed by atoms with Crippen LogP contribution in [0, 0.1) is 29.6 Å². The Balaban J connectivity index is 1.89. The van der Waals surface area contributed by atoms with E-state index in [1.807, 2.05) is 6.92 Å². The zero-order valence-electron chi connectivity index (χ0n) is 9.34. The fourth-order valence-corrected chi connectivity index (χ4v) is 3.29. The molecule has 0 aliphatic heterocycles. The van der Waals surface area contributed by atoms with Crippen molar-refractivity contribution in [2.75, 3.05) is 7.05 Å². The SMILES string of the molecule is CC#CCC(NC)C1C2CCCCC21. The molecule has 2 saturated carbocycles. The van der Waals surface area contributed by atoms with Gasteiger partial charge in [0.1, 0.15) is 0 Å². The highest BCUT2D eigenvalue weighted by Crippen LogP contribution is 2.57. The molecule has 0 bridgehead atoms. The molecular weight excluding hydrogens is 170 g/mol. The maximum Gasteiger partial charge on any atom is 0.0246 e. The maximum atomic E-state index is 3.45. The zero-order chi connectivity index (χ0) is 9.97. The highest BCUT2D eigenvalue weighted by atomic mass is 14.9. The van der Waals surface area contributed by atoms with E-state index in [1.165, 1.54) is 25.7 Å². The second kappa shape index (κ2) is 4.36. The van der Waals surface area contributed by atoms with Gasteiger partial charge in [-0.2, -0.15) is 0 Å². The maximum absolute atomic E-state index is 3.45. The summed E-state index contributed by atoms with van der Waals surface area (Å²) >= 11 is 0. The molecule has 14 heavy (non-hydrogen) atoms. The summed E-state index contributed by atoms with van der Waals surface area (Å²) < 4.78 is 0.